The van der Waals surface area contributed by atoms with Crippen molar-refractivity contribution in [2.75, 3.05) is 13.6 Å². The number of hydrogen-bond donors (Lipinski definition) is 0. The van der Waals surface area contributed by atoms with Gasteiger partial charge < -0.3 is 4.90 Å². The maximum Gasteiger partial charge on any atom is 0.253 e. The van der Waals surface area contributed by atoms with Gasteiger partial charge in [0.15, 0.2) is 0 Å². The lowest BCUT2D eigenvalue weighted by atomic mass is 10.2. The molecular formula is C11H12BrF2NO. The van der Waals surface area contributed by atoms with Gasteiger partial charge in [-0.05, 0) is 12.1 Å². The molecule has 0 heterocycles. The summed E-state index contributed by atoms with van der Waals surface area (Å²) in [7, 11) is 1.59. The maximum absolute atomic E-state index is 12.9. The maximum atomic E-state index is 12.9. The summed E-state index contributed by atoms with van der Waals surface area (Å²) in [4.78, 5) is 13.3. The molecule has 16 heavy (non-hydrogen) atoms. The number of rotatable bonds is 3. The van der Waals surface area contributed by atoms with E-state index in [1.807, 2.05) is 6.92 Å². The number of carbonyl (C=O) groups excluding carboxylic acids is 1. The van der Waals surface area contributed by atoms with Crippen molar-refractivity contribution < 1.29 is 13.6 Å². The van der Waals surface area contributed by atoms with Crippen molar-refractivity contribution in [2.24, 2.45) is 0 Å². The number of alkyl halides is 1. The van der Waals surface area contributed by atoms with Gasteiger partial charge in [0.05, 0.1) is 0 Å². The molecule has 0 aliphatic rings. The molecule has 0 radical (unpaired) electrons. The van der Waals surface area contributed by atoms with Crippen molar-refractivity contribution in [1.29, 1.82) is 0 Å². The summed E-state index contributed by atoms with van der Waals surface area (Å²) >= 11 is 3.30. The summed E-state index contributed by atoms with van der Waals surface area (Å²) in [6.45, 7) is 2.35. The van der Waals surface area contributed by atoms with E-state index in [4.69, 9.17) is 0 Å². The Bertz CT molecular complexity index is 375. The number of hydrogen-bond acceptors (Lipinski definition) is 1. The van der Waals surface area contributed by atoms with E-state index in [-0.39, 0.29) is 10.4 Å². The van der Waals surface area contributed by atoms with Crippen LogP contribution in [-0.4, -0.2) is 29.2 Å². The van der Waals surface area contributed by atoms with Crippen LogP contribution in [0, 0.1) is 11.6 Å². The van der Waals surface area contributed by atoms with Crippen molar-refractivity contribution in [1.82, 2.24) is 4.90 Å². The molecule has 1 aromatic rings. The van der Waals surface area contributed by atoms with E-state index in [1.54, 1.807) is 7.05 Å². The molecule has 88 valence electrons. The molecule has 0 aliphatic carbocycles. The van der Waals surface area contributed by atoms with Crippen LogP contribution < -0.4 is 0 Å². The Morgan fingerprint density at radius 1 is 1.38 bits per heavy atom. The zero-order valence-electron chi connectivity index (χ0n) is 9.01. The van der Waals surface area contributed by atoms with Crippen LogP contribution in [0.4, 0.5) is 8.78 Å². The summed E-state index contributed by atoms with van der Waals surface area (Å²) in [5.41, 5.74) is 0.0214. The average Bonchev–Trinajstić information content (AvgIpc) is 2.13. The van der Waals surface area contributed by atoms with Crippen molar-refractivity contribution in [3.63, 3.8) is 0 Å². The Morgan fingerprint density at radius 2 is 1.88 bits per heavy atom. The Balaban J connectivity index is 2.87. The fourth-order valence-electron chi connectivity index (χ4n) is 1.36. The van der Waals surface area contributed by atoms with Gasteiger partial charge in [0.1, 0.15) is 11.6 Å². The molecule has 0 saturated carbocycles. The lowest BCUT2D eigenvalue weighted by Crippen LogP contribution is -2.31. The first-order valence-electron chi connectivity index (χ1n) is 4.76. The average molecular weight is 292 g/mol. The van der Waals surface area contributed by atoms with Crippen LogP contribution in [-0.2, 0) is 0 Å². The van der Waals surface area contributed by atoms with E-state index in [0.717, 1.165) is 18.2 Å². The fourth-order valence-corrected chi connectivity index (χ4v) is 1.79. The van der Waals surface area contributed by atoms with Gasteiger partial charge in [0.25, 0.3) is 5.91 Å². The van der Waals surface area contributed by atoms with E-state index in [0.29, 0.717) is 6.54 Å². The minimum absolute atomic E-state index is 0.0214. The number of nitrogens with zero attached hydrogens (tertiary/aromatic N) is 1. The first kappa shape index (κ1) is 13.1. The van der Waals surface area contributed by atoms with Gasteiger partial charge in [0, 0.05) is 30.0 Å². The van der Waals surface area contributed by atoms with Gasteiger partial charge >= 0.3 is 0 Å². The predicted molar refractivity (Wildman–Crippen MR) is 61.7 cm³/mol. The third kappa shape index (κ3) is 3.56. The highest BCUT2D eigenvalue weighted by Gasteiger charge is 2.15. The molecule has 1 aromatic carbocycles. The van der Waals surface area contributed by atoms with Gasteiger partial charge in [-0.3, -0.25) is 4.79 Å². The predicted octanol–water partition coefficient (Wildman–Crippen LogP) is 2.82. The van der Waals surface area contributed by atoms with Gasteiger partial charge in [0.2, 0.25) is 0 Å². The summed E-state index contributed by atoms with van der Waals surface area (Å²) in [6, 6.07) is 2.80. The summed E-state index contributed by atoms with van der Waals surface area (Å²) in [6.07, 6.45) is 0. The van der Waals surface area contributed by atoms with Crippen LogP contribution in [0.2, 0.25) is 0 Å². The number of amides is 1. The SMILES string of the molecule is CC(Br)CN(C)C(=O)c1cc(F)cc(F)c1. The van der Waals surface area contributed by atoms with Crippen molar-refractivity contribution in [3.05, 3.63) is 35.4 Å². The molecule has 1 unspecified atom stereocenters. The molecule has 1 rings (SSSR count). The fraction of sp³-hybridized carbons (Fsp3) is 0.364. The van der Waals surface area contributed by atoms with Crippen LogP contribution in [0.3, 0.4) is 0 Å². The second-order valence-electron chi connectivity index (χ2n) is 3.62. The molecule has 5 heteroatoms. The largest absolute Gasteiger partial charge is 0.341 e. The quantitative estimate of drug-likeness (QED) is 0.784. The van der Waals surface area contributed by atoms with Crippen molar-refractivity contribution in [3.8, 4) is 0 Å². The Kier molecular flexibility index (Phi) is 4.41. The lowest BCUT2D eigenvalue weighted by Gasteiger charge is -2.18. The standard InChI is InChI=1S/C11H12BrF2NO/c1-7(12)6-15(2)11(16)8-3-9(13)5-10(14)4-8/h3-5,7H,6H2,1-2H3. The van der Waals surface area contributed by atoms with Crippen LogP contribution in [0.5, 0.6) is 0 Å². The Labute approximate surface area is 101 Å². The third-order valence-electron chi connectivity index (χ3n) is 1.98. The first-order chi connectivity index (χ1) is 7.40. The molecule has 0 saturated heterocycles. The third-order valence-corrected chi connectivity index (χ3v) is 2.27. The number of halogens is 3. The molecular weight excluding hydrogens is 280 g/mol. The Hall–Kier alpha value is -0.970. The van der Waals surface area contributed by atoms with Gasteiger partial charge in [-0.1, -0.05) is 22.9 Å². The molecule has 0 spiro atoms. The molecule has 1 atom stereocenters. The number of carbonyl (C=O) groups is 1. The highest BCUT2D eigenvalue weighted by atomic mass is 79.9. The van der Waals surface area contributed by atoms with Crippen LogP contribution in [0.15, 0.2) is 18.2 Å². The van der Waals surface area contributed by atoms with Gasteiger partial charge in [-0.25, -0.2) is 8.78 Å². The molecule has 0 bridgehead atoms. The highest BCUT2D eigenvalue weighted by Crippen LogP contribution is 2.11. The van der Waals surface area contributed by atoms with Gasteiger partial charge in [-0.15, -0.1) is 0 Å². The summed E-state index contributed by atoms with van der Waals surface area (Å²) < 4.78 is 25.8. The minimum Gasteiger partial charge on any atom is -0.341 e. The Morgan fingerprint density at radius 3 is 2.31 bits per heavy atom. The second-order valence-corrected chi connectivity index (χ2v) is 5.19. The van der Waals surface area contributed by atoms with Crippen LogP contribution >= 0.6 is 15.9 Å². The summed E-state index contributed by atoms with van der Waals surface area (Å²) in [5.74, 6) is -1.89. The molecule has 0 fully saturated rings. The van der Waals surface area contributed by atoms with E-state index in [1.165, 1.54) is 4.90 Å². The lowest BCUT2D eigenvalue weighted by molar-refractivity contribution is 0.0796. The first-order valence-corrected chi connectivity index (χ1v) is 5.67. The zero-order valence-corrected chi connectivity index (χ0v) is 10.6. The highest BCUT2D eigenvalue weighted by molar-refractivity contribution is 9.09. The molecule has 0 aliphatic heterocycles. The molecule has 1 amide bonds. The normalized spacial score (nSPS) is 12.3. The molecule has 0 N–H and O–H groups in total. The second kappa shape index (κ2) is 5.39. The minimum atomic E-state index is -0.747. The van der Waals surface area contributed by atoms with Crippen molar-refractivity contribution >= 4 is 21.8 Å². The van der Waals surface area contributed by atoms with Crippen LogP contribution in [0.1, 0.15) is 17.3 Å². The van der Waals surface area contributed by atoms with E-state index < -0.39 is 17.5 Å². The monoisotopic (exact) mass is 291 g/mol. The van der Waals surface area contributed by atoms with Crippen molar-refractivity contribution in [2.45, 2.75) is 11.8 Å². The van der Waals surface area contributed by atoms with E-state index in [9.17, 15) is 13.6 Å². The molecule has 2 nitrogen and oxygen atoms in total. The van der Waals surface area contributed by atoms with Crippen LogP contribution in [0.25, 0.3) is 0 Å². The van der Waals surface area contributed by atoms with Gasteiger partial charge in [-0.2, -0.15) is 0 Å². The molecule has 0 aromatic heterocycles. The van der Waals surface area contributed by atoms with E-state index >= 15 is 0 Å². The number of benzene rings is 1. The van der Waals surface area contributed by atoms with E-state index in [2.05, 4.69) is 15.9 Å². The zero-order chi connectivity index (χ0) is 12.3. The smallest absolute Gasteiger partial charge is 0.253 e. The summed E-state index contributed by atoms with van der Waals surface area (Å²) in [5, 5.41) is 0. The topological polar surface area (TPSA) is 20.3 Å².